The largest absolute Gasteiger partial charge is 0.355 e. The molecule has 0 radical (unpaired) electrons. The minimum absolute atomic E-state index is 0. The van der Waals surface area contributed by atoms with Crippen LogP contribution in [0.1, 0.15) is 29.5 Å². The fourth-order valence-corrected chi connectivity index (χ4v) is 3.25. The third-order valence-electron chi connectivity index (χ3n) is 3.57. The Labute approximate surface area is 159 Å². The van der Waals surface area contributed by atoms with Crippen LogP contribution in [0.15, 0.2) is 17.1 Å². The number of hydrogen-bond acceptors (Lipinski definition) is 3. The predicted molar refractivity (Wildman–Crippen MR) is 108 cm³/mol. The Balaban J connectivity index is 0.00000264. The van der Waals surface area contributed by atoms with Gasteiger partial charge in [-0.2, -0.15) is 0 Å². The average molecular weight is 450 g/mol. The van der Waals surface area contributed by atoms with E-state index in [1.54, 1.807) is 7.05 Å². The summed E-state index contributed by atoms with van der Waals surface area (Å²) >= 11 is 1.84. The van der Waals surface area contributed by atoms with Gasteiger partial charge in [0, 0.05) is 48.3 Å². The van der Waals surface area contributed by atoms with E-state index in [9.17, 15) is 4.79 Å². The fraction of sp³-hybridized carbons (Fsp3) is 0.625. The maximum atomic E-state index is 11.5. The van der Waals surface area contributed by atoms with Crippen LogP contribution in [0, 0.1) is 12.8 Å². The number of aliphatic imine (C=N–C) groups is 1. The molecule has 1 atom stereocenters. The van der Waals surface area contributed by atoms with Crippen molar-refractivity contribution in [2.24, 2.45) is 10.9 Å². The Morgan fingerprint density at radius 1 is 1.35 bits per heavy atom. The monoisotopic (exact) mass is 450 g/mol. The van der Waals surface area contributed by atoms with Gasteiger partial charge in [0.05, 0.1) is 0 Å². The maximum absolute atomic E-state index is 11.5. The molecular formula is C16H27IN4OS. The van der Waals surface area contributed by atoms with Gasteiger partial charge in [0.2, 0.25) is 5.91 Å². The van der Waals surface area contributed by atoms with E-state index in [4.69, 9.17) is 0 Å². The Bertz CT molecular complexity index is 528. The average Bonchev–Trinajstić information content (AvgIpc) is 3.26. The zero-order chi connectivity index (χ0) is 15.9. The molecule has 1 unspecified atom stereocenters. The normalized spacial score (nSPS) is 15.5. The summed E-state index contributed by atoms with van der Waals surface area (Å²) in [5.41, 5.74) is 0. The summed E-state index contributed by atoms with van der Waals surface area (Å²) in [6.45, 7) is 5.59. The van der Waals surface area contributed by atoms with Gasteiger partial charge >= 0.3 is 0 Å². The third kappa shape index (κ3) is 7.52. The summed E-state index contributed by atoms with van der Waals surface area (Å²) in [6.07, 6.45) is 3.07. The van der Waals surface area contributed by atoms with Gasteiger partial charge in [-0.3, -0.25) is 9.79 Å². The van der Waals surface area contributed by atoms with Crippen molar-refractivity contribution in [3.05, 3.63) is 21.9 Å². The van der Waals surface area contributed by atoms with Crippen LogP contribution in [-0.2, 0) is 11.2 Å². The number of hydrogen-bond donors (Lipinski definition) is 3. The molecule has 1 saturated carbocycles. The minimum atomic E-state index is 0. The molecule has 0 spiro atoms. The number of nitrogens with one attached hydrogen (secondary N) is 3. The number of thiophene rings is 1. The number of aryl methyl sites for hydroxylation is 1. The van der Waals surface area contributed by atoms with Crippen molar-refractivity contribution in [2.45, 2.75) is 39.2 Å². The van der Waals surface area contributed by atoms with E-state index in [0.29, 0.717) is 19.1 Å². The second kappa shape index (κ2) is 10.1. The van der Waals surface area contributed by atoms with Crippen LogP contribution in [0.4, 0.5) is 0 Å². The summed E-state index contributed by atoms with van der Waals surface area (Å²) in [5, 5.41) is 9.55. The molecule has 0 aromatic carbocycles. The van der Waals surface area contributed by atoms with Crippen LogP contribution in [0.3, 0.4) is 0 Å². The summed E-state index contributed by atoms with van der Waals surface area (Å²) in [6, 6.07) is 4.65. The summed E-state index contributed by atoms with van der Waals surface area (Å²) < 4.78 is 0. The first kappa shape index (κ1) is 20.2. The predicted octanol–water partition coefficient (Wildman–Crippen LogP) is 2.30. The van der Waals surface area contributed by atoms with E-state index in [2.05, 4.69) is 46.9 Å². The van der Waals surface area contributed by atoms with Gasteiger partial charge in [0.25, 0.3) is 0 Å². The van der Waals surface area contributed by atoms with Gasteiger partial charge in [-0.25, -0.2) is 0 Å². The van der Waals surface area contributed by atoms with Crippen molar-refractivity contribution in [2.75, 3.05) is 20.1 Å². The molecule has 1 heterocycles. The quantitative estimate of drug-likeness (QED) is 0.259. The Hall–Kier alpha value is -0.830. The zero-order valence-electron chi connectivity index (χ0n) is 14.0. The number of nitrogens with zero attached hydrogens (tertiary/aromatic N) is 1. The van der Waals surface area contributed by atoms with Crippen molar-refractivity contribution in [3.8, 4) is 0 Å². The van der Waals surface area contributed by atoms with E-state index in [1.807, 2.05) is 11.3 Å². The number of carbonyl (C=O) groups is 1. The molecule has 0 bridgehead atoms. The number of rotatable bonds is 7. The lowest BCUT2D eigenvalue weighted by molar-refractivity contribution is -0.122. The maximum Gasteiger partial charge on any atom is 0.223 e. The van der Waals surface area contributed by atoms with Gasteiger partial charge in [0.1, 0.15) is 0 Å². The molecular weight excluding hydrogens is 423 g/mol. The van der Waals surface area contributed by atoms with Crippen molar-refractivity contribution in [3.63, 3.8) is 0 Å². The molecule has 23 heavy (non-hydrogen) atoms. The van der Waals surface area contributed by atoms with Gasteiger partial charge in [-0.15, -0.1) is 35.3 Å². The number of halogens is 1. The van der Waals surface area contributed by atoms with Crippen molar-refractivity contribution < 1.29 is 4.79 Å². The van der Waals surface area contributed by atoms with Crippen LogP contribution in [0.5, 0.6) is 0 Å². The standard InChI is InChI=1S/C16H26N4OS.HI/c1-11(10-14-7-4-12(2)22-14)20-16(17-3)19-9-8-18-15(21)13-5-6-13;/h4,7,11,13H,5-6,8-10H2,1-3H3,(H,18,21)(H2,17,19,20);1H. The Morgan fingerprint density at radius 2 is 2.04 bits per heavy atom. The van der Waals surface area contributed by atoms with Crippen molar-refractivity contribution in [1.29, 1.82) is 0 Å². The fourth-order valence-electron chi connectivity index (χ4n) is 2.23. The first-order valence-electron chi connectivity index (χ1n) is 7.88. The summed E-state index contributed by atoms with van der Waals surface area (Å²) in [5.74, 6) is 1.24. The minimum Gasteiger partial charge on any atom is -0.355 e. The first-order chi connectivity index (χ1) is 10.6. The third-order valence-corrected chi connectivity index (χ3v) is 4.60. The zero-order valence-corrected chi connectivity index (χ0v) is 17.2. The molecule has 1 fully saturated rings. The second-order valence-corrected chi connectivity index (χ2v) is 7.20. The molecule has 1 aromatic rings. The molecule has 2 rings (SSSR count). The summed E-state index contributed by atoms with van der Waals surface area (Å²) in [7, 11) is 1.76. The lowest BCUT2D eigenvalue weighted by Crippen LogP contribution is -2.45. The molecule has 7 heteroatoms. The SMILES string of the molecule is CN=C(NCCNC(=O)C1CC1)NC(C)Cc1ccc(C)s1.I. The lowest BCUT2D eigenvalue weighted by atomic mass is 10.2. The molecule has 0 saturated heterocycles. The highest BCUT2D eigenvalue weighted by Crippen LogP contribution is 2.28. The molecule has 0 aliphatic heterocycles. The smallest absolute Gasteiger partial charge is 0.223 e. The lowest BCUT2D eigenvalue weighted by Gasteiger charge is -2.17. The van der Waals surface area contributed by atoms with Crippen molar-refractivity contribution in [1.82, 2.24) is 16.0 Å². The van der Waals surface area contributed by atoms with Crippen LogP contribution in [0.2, 0.25) is 0 Å². The number of guanidine groups is 1. The van der Waals surface area contributed by atoms with E-state index in [1.165, 1.54) is 9.75 Å². The highest BCUT2D eigenvalue weighted by molar-refractivity contribution is 14.0. The van der Waals surface area contributed by atoms with Crippen LogP contribution >= 0.6 is 35.3 Å². The second-order valence-electron chi connectivity index (χ2n) is 5.83. The number of amides is 1. The molecule has 1 aliphatic carbocycles. The van der Waals surface area contributed by atoms with E-state index in [0.717, 1.165) is 25.2 Å². The molecule has 3 N–H and O–H groups in total. The molecule has 1 amide bonds. The Kier molecular flexibility index (Phi) is 8.90. The van der Waals surface area contributed by atoms with Crippen molar-refractivity contribution >= 4 is 47.2 Å². The van der Waals surface area contributed by atoms with Gasteiger partial charge in [0.15, 0.2) is 5.96 Å². The molecule has 130 valence electrons. The van der Waals surface area contributed by atoms with Crippen LogP contribution in [-0.4, -0.2) is 38.0 Å². The van der Waals surface area contributed by atoms with Gasteiger partial charge in [-0.05, 0) is 38.8 Å². The van der Waals surface area contributed by atoms with E-state index < -0.39 is 0 Å². The first-order valence-corrected chi connectivity index (χ1v) is 8.70. The van der Waals surface area contributed by atoms with Crippen LogP contribution < -0.4 is 16.0 Å². The Morgan fingerprint density at radius 3 is 2.61 bits per heavy atom. The highest BCUT2D eigenvalue weighted by Gasteiger charge is 2.28. The number of carbonyl (C=O) groups excluding carboxylic acids is 1. The van der Waals surface area contributed by atoms with E-state index in [-0.39, 0.29) is 35.8 Å². The topological polar surface area (TPSA) is 65.5 Å². The van der Waals surface area contributed by atoms with Gasteiger partial charge < -0.3 is 16.0 Å². The van der Waals surface area contributed by atoms with Gasteiger partial charge in [-0.1, -0.05) is 0 Å². The molecule has 5 nitrogen and oxygen atoms in total. The van der Waals surface area contributed by atoms with E-state index >= 15 is 0 Å². The highest BCUT2D eigenvalue weighted by atomic mass is 127. The molecule has 1 aromatic heterocycles. The summed E-state index contributed by atoms with van der Waals surface area (Å²) in [4.78, 5) is 18.5. The molecule has 1 aliphatic rings. The van der Waals surface area contributed by atoms with Crippen LogP contribution in [0.25, 0.3) is 0 Å².